The van der Waals surface area contributed by atoms with Gasteiger partial charge in [0.15, 0.2) is 0 Å². The molecule has 0 amide bonds. The molecule has 0 aliphatic carbocycles. The van der Waals surface area contributed by atoms with E-state index in [1.165, 1.54) is 10.8 Å². The zero-order valence-corrected chi connectivity index (χ0v) is 9.62. The van der Waals surface area contributed by atoms with Crippen molar-refractivity contribution >= 4 is 32.2 Å². The molecule has 0 fully saturated rings. The van der Waals surface area contributed by atoms with E-state index in [1.807, 2.05) is 6.07 Å². The van der Waals surface area contributed by atoms with Gasteiger partial charge in [-0.15, -0.1) is 0 Å². The van der Waals surface area contributed by atoms with Gasteiger partial charge in [0.25, 0.3) is 0 Å². The molecule has 50 valence electrons. The topological polar surface area (TPSA) is 9.23 Å². The quantitative estimate of drug-likeness (QED) is 0.576. The largest absolute Gasteiger partial charge is 0.644 e. The van der Waals surface area contributed by atoms with Gasteiger partial charge in [-0.2, -0.15) is 0 Å². The Bertz CT molecular complexity index is 176. The molecule has 0 bridgehead atoms. The fourth-order valence-corrected chi connectivity index (χ4v) is 2.25. The van der Waals surface area contributed by atoms with Crippen LogP contribution < -0.4 is 0 Å². The molecule has 0 saturated carbocycles. The van der Waals surface area contributed by atoms with Crippen molar-refractivity contribution in [3.63, 3.8) is 0 Å². The second-order valence-electron chi connectivity index (χ2n) is 2.23. The lowest BCUT2D eigenvalue weighted by atomic mass is 10.2. The molecule has 0 aromatic heterocycles. The molecule has 0 unspecified atom stereocenters. The van der Waals surface area contributed by atoms with Crippen molar-refractivity contribution in [1.29, 1.82) is 0 Å². The molecular formula is C7H10Al2O. The molecule has 0 radical (unpaired) electrons. The third-order valence-electron chi connectivity index (χ3n) is 1.44. The standard InChI is InChI=1S/C7H7.2Al.O.3H/c1-7-5-3-2-4-6-7;;;;;;/h2-6H,1H2;;;;;;. The first-order chi connectivity index (χ1) is 4.93. The Kier molecular flexibility index (Phi) is 4.15. The van der Waals surface area contributed by atoms with E-state index in [0.717, 1.165) is 16.6 Å². The summed E-state index contributed by atoms with van der Waals surface area (Å²) in [6.07, 6.45) is 0. The maximum Gasteiger partial charge on any atom is 0.409 e. The van der Waals surface area contributed by atoms with Crippen LogP contribution in [0.4, 0.5) is 0 Å². The van der Waals surface area contributed by atoms with Crippen molar-refractivity contribution in [3.05, 3.63) is 35.9 Å². The van der Waals surface area contributed by atoms with Crippen LogP contribution in [0.25, 0.3) is 0 Å². The molecule has 0 heterocycles. The van der Waals surface area contributed by atoms with Crippen LogP contribution in [-0.2, 0) is 8.12 Å². The molecular weight excluding hydrogens is 154 g/mol. The number of benzene rings is 1. The third kappa shape index (κ3) is 2.89. The van der Waals surface area contributed by atoms with Crippen molar-refractivity contribution in [2.24, 2.45) is 0 Å². The van der Waals surface area contributed by atoms with Crippen LogP contribution in [0.2, 0.25) is 0 Å². The summed E-state index contributed by atoms with van der Waals surface area (Å²) in [6, 6.07) is 10.5. The first-order valence-electron chi connectivity index (χ1n) is 3.46. The Labute approximate surface area is 76.2 Å². The second kappa shape index (κ2) is 4.97. The number of rotatable bonds is 3. The highest BCUT2D eigenvalue weighted by Gasteiger charge is 1.92. The molecule has 0 atom stereocenters. The summed E-state index contributed by atoms with van der Waals surface area (Å²) in [5, 5.41) is 1.18. The minimum absolute atomic E-state index is 0.215. The Morgan fingerprint density at radius 1 is 1.30 bits per heavy atom. The molecule has 3 heteroatoms. The summed E-state index contributed by atoms with van der Waals surface area (Å²) in [6.45, 7) is 0. The van der Waals surface area contributed by atoms with Gasteiger partial charge in [0.05, 0.1) is 0 Å². The molecule has 0 aliphatic heterocycles. The van der Waals surface area contributed by atoms with E-state index >= 15 is 0 Å². The van der Waals surface area contributed by atoms with Gasteiger partial charge >= 0.3 is 32.2 Å². The van der Waals surface area contributed by atoms with Crippen LogP contribution in [0.1, 0.15) is 5.56 Å². The summed E-state index contributed by atoms with van der Waals surface area (Å²) in [5.41, 5.74) is 1.42. The zero-order chi connectivity index (χ0) is 7.23. The fourth-order valence-electron chi connectivity index (χ4n) is 0.865. The summed E-state index contributed by atoms with van der Waals surface area (Å²) in [7, 11) is 0. The first-order valence-corrected chi connectivity index (χ1v) is 5.86. The highest BCUT2D eigenvalue weighted by atomic mass is 27.2. The average Bonchev–Trinajstić information content (AvgIpc) is 2.03. The maximum atomic E-state index is 5.22. The normalized spacial score (nSPS) is 9.20. The van der Waals surface area contributed by atoms with Crippen molar-refractivity contribution in [1.82, 2.24) is 0 Å². The van der Waals surface area contributed by atoms with E-state index in [1.54, 1.807) is 0 Å². The molecule has 0 saturated heterocycles. The van der Waals surface area contributed by atoms with Crippen molar-refractivity contribution < 1.29 is 2.84 Å². The van der Waals surface area contributed by atoms with Crippen molar-refractivity contribution in [2.45, 2.75) is 5.28 Å². The molecule has 1 rings (SSSR count). The van der Waals surface area contributed by atoms with E-state index in [9.17, 15) is 0 Å². The second-order valence-corrected chi connectivity index (χ2v) is 5.45. The van der Waals surface area contributed by atoms with Gasteiger partial charge in [0, 0.05) is 0 Å². The Balaban J connectivity index is 2.43. The lowest BCUT2D eigenvalue weighted by Crippen LogP contribution is -1.99. The zero-order valence-electron chi connectivity index (χ0n) is 6.21. The SMILES string of the molecule is [AlH2][O][AlH][CH2]c1ccccc1. The summed E-state index contributed by atoms with van der Waals surface area (Å²) in [4.78, 5) is 0. The lowest BCUT2D eigenvalue weighted by molar-refractivity contribution is 0.660. The van der Waals surface area contributed by atoms with E-state index in [-0.39, 0.29) is 15.6 Å². The molecule has 1 aromatic carbocycles. The molecule has 10 heavy (non-hydrogen) atoms. The minimum Gasteiger partial charge on any atom is -0.644 e. The first kappa shape index (κ1) is 8.34. The van der Waals surface area contributed by atoms with Gasteiger partial charge in [-0.3, -0.25) is 0 Å². The van der Waals surface area contributed by atoms with Crippen LogP contribution >= 0.6 is 0 Å². The smallest absolute Gasteiger partial charge is 0.409 e. The predicted molar refractivity (Wildman–Crippen MR) is 46.9 cm³/mol. The van der Waals surface area contributed by atoms with Crippen LogP contribution in [0.3, 0.4) is 0 Å². The Morgan fingerprint density at radius 2 is 2.00 bits per heavy atom. The molecule has 1 nitrogen and oxygen atoms in total. The summed E-state index contributed by atoms with van der Waals surface area (Å²) < 4.78 is 5.22. The van der Waals surface area contributed by atoms with Crippen LogP contribution in [0.5, 0.6) is 0 Å². The molecule has 0 spiro atoms. The Hall–Kier alpha value is 0.245. The maximum absolute atomic E-state index is 5.22. The minimum atomic E-state index is -0.215. The Morgan fingerprint density at radius 3 is 2.60 bits per heavy atom. The number of hydrogen-bond donors (Lipinski definition) is 0. The average molecular weight is 164 g/mol. The summed E-state index contributed by atoms with van der Waals surface area (Å²) >= 11 is 0.697. The van der Waals surface area contributed by atoms with Gasteiger partial charge < -0.3 is 2.84 Å². The van der Waals surface area contributed by atoms with Crippen LogP contribution in [0.15, 0.2) is 30.3 Å². The van der Waals surface area contributed by atoms with Gasteiger partial charge in [0.1, 0.15) is 0 Å². The van der Waals surface area contributed by atoms with E-state index < -0.39 is 0 Å². The summed E-state index contributed by atoms with van der Waals surface area (Å²) in [5.74, 6) is 0. The van der Waals surface area contributed by atoms with Gasteiger partial charge in [-0.1, -0.05) is 35.9 Å². The number of hydrogen-bond acceptors (Lipinski definition) is 1. The fraction of sp³-hybridized carbons (Fsp3) is 0.143. The van der Waals surface area contributed by atoms with E-state index in [0.29, 0.717) is 0 Å². The highest BCUT2D eigenvalue weighted by Crippen LogP contribution is 1.97. The van der Waals surface area contributed by atoms with Gasteiger partial charge in [-0.25, -0.2) is 0 Å². The predicted octanol–water partition coefficient (Wildman–Crippen LogP) is 0.103. The highest BCUT2D eigenvalue weighted by molar-refractivity contribution is 6.33. The molecule has 0 N–H and O–H groups in total. The monoisotopic (exact) mass is 164 g/mol. The van der Waals surface area contributed by atoms with Crippen LogP contribution in [-0.4, -0.2) is 32.2 Å². The molecule has 1 aromatic rings. The third-order valence-corrected chi connectivity index (χ3v) is 3.85. The van der Waals surface area contributed by atoms with Gasteiger partial charge in [-0.05, 0) is 5.28 Å². The molecule has 0 aliphatic rings. The lowest BCUT2D eigenvalue weighted by Gasteiger charge is -1.96. The van der Waals surface area contributed by atoms with Crippen LogP contribution in [0, 0.1) is 0 Å². The van der Waals surface area contributed by atoms with E-state index in [2.05, 4.69) is 24.3 Å². The van der Waals surface area contributed by atoms with Gasteiger partial charge in [0.2, 0.25) is 0 Å². The van der Waals surface area contributed by atoms with Crippen molar-refractivity contribution in [2.75, 3.05) is 0 Å². The van der Waals surface area contributed by atoms with Crippen molar-refractivity contribution in [3.8, 4) is 0 Å². The van der Waals surface area contributed by atoms with E-state index in [4.69, 9.17) is 2.84 Å².